The Hall–Kier alpha value is -2.68. The lowest BCUT2D eigenvalue weighted by atomic mass is 9.96. The van der Waals surface area contributed by atoms with Gasteiger partial charge in [0.05, 0.1) is 17.2 Å². The number of azide groups is 1. The highest BCUT2D eigenvalue weighted by molar-refractivity contribution is 5.95. The molecular weight excluding hydrogens is 366 g/mol. The predicted octanol–water partition coefficient (Wildman–Crippen LogP) is 4.85. The minimum atomic E-state index is -5.04. The number of rotatable bonds is 3. The van der Waals surface area contributed by atoms with Crippen LogP contribution in [0.2, 0.25) is 0 Å². The van der Waals surface area contributed by atoms with Gasteiger partial charge in [-0.25, -0.2) is 0 Å². The fourth-order valence-corrected chi connectivity index (χ4v) is 2.49. The van der Waals surface area contributed by atoms with E-state index in [0.29, 0.717) is 18.6 Å². The van der Waals surface area contributed by atoms with E-state index in [9.17, 15) is 31.1 Å². The highest BCUT2D eigenvalue weighted by Gasteiger charge is 2.37. The summed E-state index contributed by atoms with van der Waals surface area (Å²) in [6, 6.07) is -0.755. The third-order valence-electron chi connectivity index (χ3n) is 3.77. The van der Waals surface area contributed by atoms with E-state index in [-0.39, 0.29) is 12.5 Å². The Bertz CT molecular complexity index is 732. The van der Waals surface area contributed by atoms with Gasteiger partial charge in [0.25, 0.3) is 5.91 Å². The van der Waals surface area contributed by atoms with Crippen molar-refractivity contribution in [3.63, 3.8) is 0 Å². The minimum absolute atomic E-state index is 0.0527. The summed E-state index contributed by atoms with van der Waals surface area (Å²) in [6.45, 7) is 0. The Labute approximate surface area is 143 Å². The van der Waals surface area contributed by atoms with Gasteiger partial charge in [0.2, 0.25) is 0 Å². The van der Waals surface area contributed by atoms with Gasteiger partial charge < -0.3 is 5.32 Å². The molecule has 26 heavy (non-hydrogen) atoms. The standard InChI is InChI=1S/C15H12F6N4O/c16-14(17,18)9-5-8(6-10(7-9)15(19,20)21)13(26)23-11-3-1-2-4-12(11)24-25-22/h1-2,5-7,11-12H,3-4H2,(H,23,26)/t11-,12-/m0/s1. The van der Waals surface area contributed by atoms with Crippen LogP contribution in [0.15, 0.2) is 35.5 Å². The van der Waals surface area contributed by atoms with Crippen LogP contribution in [0.3, 0.4) is 0 Å². The Kier molecular flexibility index (Phi) is 5.50. The second-order valence-corrected chi connectivity index (χ2v) is 5.59. The number of amides is 1. The molecule has 140 valence electrons. The maximum absolute atomic E-state index is 12.9. The fraction of sp³-hybridized carbons (Fsp3) is 0.400. The van der Waals surface area contributed by atoms with E-state index in [2.05, 4.69) is 15.3 Å². The highest BCUT2D eigenvalue weighted by atomic mass is 19.4. The zero-order valence-electron chi connectivity index (χ0n) is 13.0. The molecule has 1 aliphatic rings. The van der Waals surface area contributed by atoms with Crippen molar-refractivity contribution in [3.8, 4) is 0 Å². The van der Waals surface area contributed by atoms with Gasteiger partial charge >= 0.3 is 12.4 Å². The lowest BCUT2D eigenvalue weighted by Crippen LogP contribution is -2.43. The minimum Gasteiger partial charge on any atom is -0.349 e. The molecular formula is C15H12F6N4O. The van der Waals surface area contributed by atoms with Gasteiger partial charge in [-0.15, -0.1) is 0 Å². The van der Waals surface area contributed by atoms with E-state index in [4.69, 9.17) is 5.53 Å². The zero-order chi connectivity index (χ0) is 19.5. The zero-order valence-corrected chi connectivity index (χ0v) is 13.0. The summed E-state index contributed by atoms with van der Waals surface area (Å²) in [7, 11) is 0. The van der Waals surface area contributed by atoms with Crippen molar-refractivity contribution in [2.75, 3.05) is 0 Å². The molecule has 0 radical (unpaired) electrons. The molecule has 0 aromatic heterocycles. The molecule has 1 N–H and O–H groups in total. The summed E-state index contributed by atoms with van der Waals surface area (Å²) in [6.07, 6.45) is -6.18. The van der Waals surface area contributed by atoms with Gasteiger partial charge in [0.1, 0.15) is 0 Å². The summed E-state index contributed by atoms with van der Waals surface area (Å²) in [4.78, 5) is 14.8. The molecule has 2 rings (SSSR count). The van der Waals surface area contributed by atoms with Crippen molar-refractivity contribution in [1.82, 2.24) is 5.32 Å². The van der Waals surface area contributed by atoms with Crippen LogP contribution >= 0.6 is 0 Å². The van der Waals surface area contributed by atoms with E-state index in [1.165, 1.54) is 0 Å². The molecule has 1 aliphatic carbocycles. The Morgan fingerprint density at radius 1 is 1.04 bits per heavy atom. The highest BCUT2D eigenvalue weighted by Crippen LogP contribution is 2.36. The molecule has 0 saturated carbocycles. The maximum atomic E-state index is 12.9. The topological polar surface area (TPSA) is 77.9 Å². The summed E-state index contributed by atoms with van der Waals surface area (Å²) >= 11 is 0. The molecule has 0 aliphatic heterocycles. The van der Waals surface area contributed by atoms with E-state index in [0.717, 1.165) is 0 Å². The van der Waals surface area contributed by atoms with Gasteiger partial charge in [0.15, 0.2) is 0 Å². The molecule has 0 saturated heterocycles. The lowest BCUT2D eigenvalue weighted by Gasteiger charge is -2.26. The van der Waals surface area contributed by atoms with Gasteiger partial charge in [0, 0.05) is 16.5 Å². The van der Waals surface area contributed by atoms with E-state index in [1.807, 2.05) is 0 Å². The second kappa shape index (κ2) is 7.28. The Balaban J connectivity index is 2.35. The number of alkyl halides is 6. The Morgan fingerprint density at radius 3 is 2.08 bits per heavy atom. The molecule has 2 atom stereocenters. The van der Waals surface area contributed by atoms with Gasteiger partial charge in [-0.1, -0.05) is 17.3 Å². The third-order valence-corrected chi connectivity index (χ3v) is 3.77. The number of hydrogen-bond donors (Lipinski definition) is 1. The fourth-order valence-electron chi connectivity index (χ4n) is 2.49. The largest absolute Gasteiger partial charge is 0.416 e. The normalized spacial score (nSPS) is 20.4. The smallest absolute Gasteiger partial charge is 0.349 e. The van der Waals surface area contributed by atoms with Crippen LogP contribution in [0.4, 0.5) is 26.3 Å². The Morgan fingerprint density at radius 2 is 1.58 bits per heavy atom. The van der Waals surface area contributed by atoms with Crippen LogP contribution in [0.25, 0.3) is 10.4 Å². The second-order valence-electron chi connectivity index (χ2n) is 5.59. The van der Waals surface area contributed by atoms with Crippen LogP contribution in [-0.4, -0.2) is 18.0 Å². The van der Waals surface area contributed by atoms with Crippen molar-refractivity contribution in [2.45, 2.75) is 37.3 Å². The molecule has 1 amide bonds. The molecule has 0 unspecified atom stereocenters. The molecule has 1 aromatic rings. The van der Waals surface area contributed by atoms with Crippen molar-refractivity contribution < 1.29 is 31.1 Å². The number of nitrogens with one attached hydrogen (secondary N) is 1. The predicted molar refractivity (Wildman–Crippen MR) is 79.0 cm³/mol. The molecule has 0 heterocycles. The van der Waals surface area contributed by atoms with Crippen LogP contribution in [0.1, 0.15) is 34.3 Å². The average molecular weight is 378 g/mol. The summed E-state index contributed by atoms with van der Waals surface area (Å²) < 4.78 is 77.1. The van der Waals surface area contributed by atoms with Crippen LogP contribution in [0, 0.1) is 0 Å². The molecule has 0 spiro atoms. The lowest BCUT2D eigenvalue weighted by molar-refractivity contribution is -0.143. The van der Waals surface area contributed by atoms with E-state index >= 15 is 0 Å². The first-order chi connectivity index (χ1) is 12.0. The van der Waals surface area contributed by atoms with Gasteiger partial charge in [-0.05, 0) is 36.6 Å². The summed E-state index contributed by atoms with van der Waals surface area (Å²) in [5, 5.41) is 5.82. The summed E-state index contributed by atoms with van der Waals surface area (Å²) in [5.74, 6) is -1.11. The van der Waals surface area contributed by atoms with Crippen LogP contribution in [-0.2, 0) is 12.4 Å². The van der Waals surface area contributed by atoms with Gasteiger partial charge in [-0.2, -0.15) is 26.3 Å². The van der Waals surface area contributed by atoms with Crippen molar-refractivity contribution in [1.29, 1.82) is 0 Å². The number of halogens is 6. The van der Waals surface area contributed by atoms with Crippen molar-refractivity contribution in [3.05, 3.63) is 57.5 Å². The quantitative estimate of drug-likeness (QED) is 0.264. The third kappa shape index (κ3) is 4.69. The first kappa shape index (κ1) is 19.6. The average Bonchev–Trinajstić information content (AvgIpc) is 2.55. The monoisotopic (exact) mass is 378 g/mol. The maximum Gasteiger partial charge on any atom is 0.416 e. The molecule has 5 nitrogen and oxygen atoms in total. The van der Waals surface area contributed by atoms with Crippen LogP contribution in [0.5, 0.6) is 0 Å². The first-order valence-electron chi connectivity index (χ1n) is 7.32. The molecule has 1 aromatic carbocycles. The molecule has 0 fully saturated rings. The SMILES string of the molecule is [N-]=[N+]=N[C@H]1CC=CC[C@@H]1NC(=O)c1cc(C(F)(F)F)cc(C(F)(F)F)c1. The van der Waals surface area contributed by atoms with Crippen LogP contribution < -0.4 is 5.32 Å². The molecule has 0 bridgehead atoms. The molecule has 11 heteroatoms. The van der Waals surface area contributed by atoms with E-state index < -0.39 is 47.0 Å². The first-order valence-corrected chi connectivity index (χ1v) is 7.32. The van der Waals surface area contributed by atoms with Crippen molar-refractivity contribution >= 4 is 5.91 Å². The van der Waals surface area contributed by atoms with Gasteiger partial charge in [-0.3, -0.25) is 4.79 Å². The number of benzene rings is 1. The number of carbonyl (C=O) groups is 1. The van der Waals surface area contributed by atoms with E-state index in [1.54, 1.807) is 12.2 Å². The number of hydrogen-bond acceptors (Lipinski definition) is 2. The summed E-state index contributed by atoms with van der Waals surface area (Å²) in [5.41, 5.74) is 4.58. The van der Waals surface area contributed by atoms with Crippen molar-refractivity contribution in [2.24, 2.45) is 5.11 Å². The number of nitrogens with zero attached hydrogens (tertiary/aromatic N) is 3. The number of carbonyl (C=O) groups excluding carboxylic acids is 1.